The molecule has 1 heterocycles. The van der Waals surface area contributed by atoms with Gasteiger partial charge in [-0.1, -0.05) is 5.16 Å². The Morgan fingerprint density at radius 1 is 1.50 bits per heavy atom. The van der Waals surface area contributed by atoms with Gasteiger partial charge in [-0.15, -0.1) is 0 Å². The quantitative estimate of drug-likeness (QED) is 0.834. The zero-order valence-electron chi connectivity index (χ0n) is 14.0. The van der Waals surface area contributed by atoms with E-state index in [0.717, 1.165) is 0 Å². The summed E-state index contributed by atoms with van der Waals surface area (Å²) in [6, 6.07) is 4.13. The molecule has 0 bridgehead atoms. The van der Waals surface area contributed by atoms with Crippen molar-refractivity contribution in [1.29, 1.82) is 0 Å². The number of nitrogens with one attached hydrogen (secondary N) is 1. The molecule has 2 rings (SSSR count). The van der Waals surface area contributed by atoms with Gasteiger partial charge in [-0.3, -0.25) is 4.79 Å². The van der Waals surface area contributed by atoms with E-state index in [2.05, 4.69) is 10.5 Å². The maximum absolute atomic E-state index is 13.6. The fourth-order valence-electron chi connectivity index (χ4n) is 2.12. The number of aromatic nitrogens is 1. The molecule has 0 spiro atoms. The van der Waals surface area contributed by atoms with Crippen molar-refractivity contribution in [2.45, 2.75) is 13.0 Å². The fraction of sp³-hybridized carbons (Fsp3) is 0.375. The van der Waals surface area contributed by atoms with Gasteiger partial charge in [0.25, 0.3) is 5.91 Å². The average molecular weight is 337 g/mol. The first kappa shape index (κ1) is 17.7. The second-order valence-corrected chi connectivity index (χ2v) is 5.51. The van der Waals surface area contributed by atoms with E-state index in [1.807, 2.05) is 0 Å². The topological polar surface area (TPSA) is 87.8 Å². The highest BCUT2D eigenvalue weighted by Gasteiger charge is 2.26. The number of hydrogen-bond acceptors (Lipinski definition) is 6. The number of carbonyl (C=O) groups is 1. The number of aliphatic hydroxyl groups excluding tert-OH is 1. The molecule has 1 aromatic carbocycles. The molecule has 0 saturated heterocycles. The number of ether oxygens (including phenoxy) is 1. The van der Waals surface area contributed by atoms with E-state index in [-0.39, 0.29) is 23.6 Å². The number of aliphatic hydroxyl groups is 1. The molecular formula is C16H20FN3O4. The Morgan fingerprint density at radius 3 is 2.79 bits per heavy atom. The van der Waals surface area contributed by atoms with Crippen molar-refractivity contribution in [3.8, 4) is 17.1 Å². The van der Waals surface area contributed by atoms with E-state index in [0.29, 0.717) is 11.4 Å². The molecule has 0 fully saturated rings. The van der Waals surface area contributed by atoms with Crippen molar-refractivity contribution in [3.05, 3.63) is 29.6 Å². The van der Waals surface area contributed by atoms with Crippen LogP contribution < -0.4 is 15.0 Å². The second kappa shape index (κ2) is 7.31. The Bertz CT molecular complexity index is 728. The number of halogens is 1. The minimum atomic E-state index is -0.689. The normalized spacial score (nSPS) is 11.9. The van der Waals surface area contributed by atoms with Crippen LogP contribution in [0.3, 0.4) is 0 Å². The summed E-state index contributed by atoms with van der Waals surface area (Å²) in [4.78, 5) is 14.1. The molecule has 2 aromatic rings. The first-order valence-electron chi connectivity index (χ1n) is 7.32. The van der Waals surface area contributed by atoms with Gasteiger partial charge < -0.3 is 24.6 Å². The first-order chi connectivity index (χ1) is 11.3. The molecule has 24 heavy (non-hydrogen) atoms. The summed E-state index contributed by atoms with van der Waals surface area (Å²) < 4.78 is 23.9. The van der Waals surface area contributed by atoms with E-state index in [1.165, 1.54) is 25.3 Å². The minimum Gasteiger partial charge on any atom is -0.494 e. The van der Waals surface area contributed by atoms with Crippen LogP contribution in [0.5, 0.6) is 5.75 Å². The summed E-state index contributed by atoms with van der Waals surface area (Å²) in [6.07, 6.45) is -0.689. The highest BCUT2D eigenvalue weighted by molar-refractivity contribution is 6.04. The molecule has 1 amide bonds. The van der Waals surface area contributed by atoms with Gasteiger partial charge >= 0.3 is 0 Å². The van der Waals surface area contributed by atoms with Crippen molar-refractivity contribution in [2.24, 2.45) is 0 Å². The van der Waals surface area contributed by atoms with Crippen LogP contribution in [0.1, 0.15) is 17.3 Å². The number of anilines is 1. The van der Waals surface area contributed by atoms with Gasteiger partial charge in [-0.2, -0.15) is 0 Å². The molecule has 0 aliphatic rings. The van der Waals surface area contributed by atoms with Crippen LogP contribution in [0.25, 0.3) is 11.3 Å². The Labute approximate surface area is 139 Å². The molecule has 0 aliphatic carbocycles. The number of benzene rings is 1. The monoisotopic (exact) mass is 337 g/mol. The second-order valence-electron chi connectivity index (χ2n) is 5.51. The summed E-state index contributed by atoms with van der Waals surface area (Å²) in [5, 5.41) is 15.9. The average Bonchev–Trinajstić information content (AvgIpc) is 2.98. The molecule has 7 nitrogen and oxygen atoms in total. The molecule has 0 radical (unpaired) electrons. The minimum absolute atomic E-state index is 0.0330. The van der Waals surface area contributed by atoms with Crippen molar-refractivity contribution in [2.75, 3.05) is 32.6 Å². The zero-order chi connectivity index (χ0) is 17.9. The molecule has 130 valence electrons. The SMILES string of the molecule is COc1cc(-c2onc(N(C)C)c2C(=O)NC[C@H](C)O)ccc1F. The molecule has 2 N–H and O–H groups in total. The summed E-state index contributed by atoms with van der Waals surface area (Å²) in [5.74, 6) is -0.407. The van der Waals surface area contributed by atoms with Crippen LogP contribution in [0, 0.1) is 5.82 Å². The van der Waals surface area contributed by atoms with Gasteiger partial charge in [0.2, 0.25) is 0 Å². The van der Waals surface area contributed by atoms with Crippen LogP contribution in [-0.2, 0) is 0 Å². The third-order valence-electron chi connectivity index (χ3n) is 3.30. The van der Waals surface area contributed by atoms with E-state index in [4.69, 9.17) is 9.26 Å². The lowest BCUT2D eigenvalue weighted by molar-refractivity contribution is 0.0924. The Kier molecular flexibility index (Phi) is 5.40. The maximum atomic E-state index is 13.6. The van der Waals surface area contributed by atoms with Crippen molar-refractivity contribution < 1.29 is 23.6 Å². The summed E-state index contributed by atoms with van der Waals surface area (Å²) in [5.41, 5.74) is 0.658. The van der Waals surface area contributed by atoms with Crippen LogP contribution in [0.2, 0.25) is 0 Å². The van der Waals surface area contributed by atoms with Gasteiger partial charge in [-0.05, 0) is 25.1 Å². The zero-order valence-corrected chi connectivity index (χ0v) is 14.0. The first-order valence-corrected chi connectivity index (χ1v) is 7.32. The number of rotatable bonds is 6. The number of methoxy groups -OCH3 is 1. The molecule has 8 heteroatoms. The van der Waals surface area contributed by atoms with Crippen LogP contribution >= 0.6 is 0 Å². The van der Waals surface area contributed by atoms with Crippen molar-refractivity contribution >= 4 is 11.7 Å². The lowest BCUT2D eigenvalue weighted by Crippen LogP contribution is -2.31. The van der Waals surface area contributed by atoms with Gasteiger partial charge in [0, 0.05) is 26.2 Å². The lowest BCUT2D eigenvalue weighted by Gasteiger charge is -2.12. The molecule has 0 aliphatic heterocycles. The number of nitrogens with zero attached hydrogens (tertiary/aromatic N) is 2. The highest BCUT2D eigenvalue weighted by Crippen LogP contribution is 2.33. The van der Waals surface area contributed by atoms with Gasteiger partial charge in [-0.25, -0.2) is 4.39 Å². The van der Waals surface area contributed by atoms with Gasteiger partial charge in [0.1, 0.15) is 5.56 Å². The highest BCUT2D eigenvalue weighted by atomic mass is 19.1. The van der Waals surface area contributed by atoms with Gasteiger partial charge in [0.05, 0.1) is 13.2 Å². The van der Waals surface area contributed by atoms with E-state index in [9.17, 15) is 14.3 Å². The third-order valence-corrected chi connectivity index (χ3v) is 3.30. The Morgan fingerprint density at radius 2 is 2.21 bits per heavy atom. The van der Waals surface area contributed by atoms with Crippen LogP contribution in [0.4, 0.5) is 10.2 Å². The van der Waals surface area contributed by atoms with Crippen LogP contribution in [0.15, 0.2) is 22.7 Å². The molecule has 1 aromatic heterocycles. The van der Waals surface area contributed by atoms with E-state index >= 15 is 0 Å². The molecule has 0 saturated carbocycles. The molecular weight excluding hydrogens is 317 g/mol. The largest absolute Gasteiger partial charge is 0.494 e. The number of amides is 1. The summed E-state index contributed by atoms with van der Waals surface area (Å²) in [6.45, 7) is 1.65. The maximum Gasteiger partial charge on any atom is 0.259 e. The predicted molar refractivity (Wildman–Crippen MR) is 86.8 cm³/mol. The fourth-order valence-corrected chi connectivity index (χ4v) is 2.12. The Hall–Kier alpha value is -2.61. The number of carbonyl (C=O) groups excluding carboxylic acids is 1. The smallest absolute Gasteiger partial charge is 0.259 e. The van der Waals surface area contributed by atoms with Crippen molar-refractivity contribution in [3.63, 3.8) is 0 Å². The molecule has 1 atom stereocenters. The van der Waals surface area contributed by atoms with Crippen molar-refractivity contribution in [1.82, 2.24) is 10.5 Å². The molecule has 0 unspecified atom stereocenters. The van der Waals surface area contributed by atoms with E-state index in [1.54, 1.807) is 25.9 Å². The van der Waals surface area contributed by atoms with Crippen LogP contribution in [-0.4, -0.2) is 50.0 Å². The summed E-state index contributed by atoms with van der Waals surface area (Å²) in [7, 11) is 4.79. The van der Waals surface area contributed by atoms with E-state index < -0.39 is 17.8 Å². The standard InChI is InChI=1S/C16H20FN3O4/c1-9(21)8-18-16(22)13-14(24-19-15(13)20(2)3)10-5-6-11(17)12(7-10)23-4/h5-7,9,21H,8H2,1-4H3,(H,18,22)/t9-/m0/s1. The third kappa shape index (κ3) is 3.65. The van der Waals surface area contributed by atoms with Gasteiger partial charge in [0.15, 0.2) is 23.1 Å². The Balaban J connectivity index is 2.49. The summed E-state index contributed by atoms with van der Waals surface area (Å²) >= 11 is 0. The number of hydrogen-bond donors (Lipinski definition) is 2. The predicted octanol–water partition coefficient (Wildman–Crippen LogP) is 1.67. The lowest BCUT2D eigenvalue weighted by atomic mass is 10.1.